The fourth-order valence-corrected chi connectivity index (χ4v) is 1.53. The van der Waals surface area contributed by atoms with Gasteiger partial charge < -0.3 is 16.0 Å². The molecule has 1 atom stereocenters. The minimum atomic E-state index is -0.401. The molecular weight excluding hydrogens is 230 g/mol. The van der Waals surface area contributed by atoms with Crippen LogP contribution in [0.1, 0.15) is 20.3 Å². The lowest BCUT2D eigenvalue weighted by molar-refractivity contribution is -0.129. The molecule has 1 aliphatic heterocycles. The third kappa shape index (κ3) is 3.64. The molecule has 0 spiro atoms. The van der Waals surface area contributed by atoms with Gasteiger partial charge in [0.1, 0.15) is 0 Å². The first-order valence-electron chi connectivity index (χ1n) is 5.12. The summed E-state index contributed by atoms with van der Waals surface area (Å²) in [7, 11) is 1.71. The summed E-state index contributed by atoms with van der Waals surface area (Å²) in [6.07, 6.45) is 0.309. The maximum Gasteiger partial charge on any atom is 0.225 e. The standard InChI is InChI=1S/C10H19N3O2.ClH/c1-10(2,6-11)12-9(15)7-4-8(14)13(3)5-7;/h7H,4-6,11H2,1-3H3,(H,12,15);1H. The molecule has 5 nitrogen and oxygen atoms in total. The van der Waals surface area contributed by atoms with Crippen molar-refractivity contribution < 1.29 is 9.59 Å². The van der Waals surface area contributed by atoms with Crippen molar-refractivity contribution in [3.63, 3.8) is 0 Å². The minimum Gasteiger partial charge on any atom is -0.350 e. The molecule has 1 heterocycles. The quantitative estimate of drug-likeness (QED) is 0.724. The highest BCUT2D eigenvalue weighted by Gasteiger charge is 2.33. The van der Waals surface area contributed by atoms with E-state index in [2.05, 4.69) is 5.32 Å². The van der Waals surface area contributed by atoms with Gasteiger partial charge in [-0.3, -0.25) is 9.59 Å². The zero-order valence-electron chi connectivity index (χ0n) is 9.95. The van der Waals surface area contributed by atoms with E-state index in [0.717, 1.165) is 0 Å². The summed E-state index contributed by atoms with van der Waals surface area (Å²) in [6.45, 7) is 4.62. The van der Waals surface area contributed by atoms with Crippen molar-refractivity contribution in [2.24, 2.45) is 11.7 Å². The second kappa shape index (κ2) is 5.50. The van der Waals surface area contributed by atoms with Crippen molar-refractivity contribution in [1.29, 1.82) is 0 Å². The minimum absolute atomic E-state index is 0. The second-order valence-corrected chi connectivity index (χ2v) is 4.75. The molecule has 94 valence electrons. The highest BCUT2D eigenvalue weighted by atomic mass is 35.5. The largest absolute Gasteiger partial charge is 0.350 e. The van der Waals surface area contributed by atoms with Crippen molar-refractivity contribution >= 4 is 24.2 Å². The summed E-state index contributed by atoms with van der Waals surface area (Å²) in [5.74, 6) is -0.280. The first-order valence-corrected chi connectivity index (χ1v) is 5.12. The number of nitrogens with two attached hydrogens (primary N) is 1. The summed E-state index contributed by atoms with van der Waals surface area (Å²) in [5, 5.41) is 2.85. The smallest absolute Gasteiger partial charge is 0.225 e. The van der Waals surface area contributed by atoms with E-state index >= 15 is 0 Å². The molecule has 16 heavy (non-hydrogen) atoms. The summed E-state index contributed by atoms with van der Waals surface area (Å²) >= 11 is 0. The van der Waals surface area contributed by atoms with Crippen molar-refractivity contribution in [1.82, 2.24) is 10.2 Å². The summed E-state index contributed by atoms with van der Waals surface area (Å²) in [4.78, 5) is 24.6. The molecule has 0 radical (unpaired) electrons. The third-order valence-corrected chi connectivity index (χ3v) is 2.68. The number of nitrogens with zero attached hydrogens (tertiary/aromatic N) is 1. The SMILES string of the molecule is CN1CC(C(=O)NC(C)(C)CN)CC1=O.Cl. The molecule has 6 heteroatoms. The number of likely N-dealkylation sites (tertiary alicyclic amines) is 1. The topological polar surface area (TPSA) is 75.4 Å². The van der Waals surface area contributed by atoms with Crippen molar-refractivity contribution in [2.45, 2.75) is 25.8 Å². The van der Waals surface area contributed by atoms with Crippen LogP contribution in [0.2, 0.25) is 0 Å². The molecule has 1 rings (SSSR count). The molecule has 1 aliphatic rings. The van der Waals surface area contributed by atoms with Gasteiger partial charge in [-0.1, -0.05) is 0 Å². The van der Waals surface area contributed by atoms with Crippen LogP contribution in [0.5, 0.6) is 0 Å². The number of carbonyl (C=O) groups is 2. The van der Waals surface area contributed by atoms with Gasteiger partial charge in [-0.25, -0.2) is 0 Å². The zero-order valence-corrected chi connectivity index (χ0v) is 10.8. The molecule has 1 fully saturated rings. The fraction of sp³-hybridized carbons (Fsp3) is 0.800. The van der Waals surface area contributed by atoms with Gasteiger partial charge in [-0.05, 0) is 13.8 Å². The van der Waals surface area contributed by atoms with Gasteiger partial charge in [0, 0.05) is 32.1 Å². The maximum absolute atomic E-state index is 11.8. The normalized spacial score (nSPS) is 20.6. The Morgan fingerprint density at radius 3 is 2.56 bits per heavy atom. The maximum atomic E-state index is 11.8. The van der Waals surface area contributed by atoms with E-state index in [4.69, 9.17) is 5.73 Å². The third-order valence-electron chi connectivity index (χ3n) is 2.68. The monoisotopic (exact) mass is 249 g/mol. The molecule has 0 aromatic rings. The Morgan fingerprint density at radius 1 is 1.62 bits per heavy atom. The highest BCUT2D eigenvalue weighted by molar-refractivity contribution is 5.89. The Balaban J connectivity index is 0.00000225. The first-order chi connectivity index (χ1) is 6.85. The van der Waals surface area contributed by atoms with Crippen LogP contribution in [0, 0.1) is 5.92 Å². The molecule has 1 unspecified atom stereocenters. The number of hydrogen-bond donors (Lipinski definition) is 2. The average Bonchev–Trinajstić information content (AvgIpc) is 2.47. The lowest BCUT2D eigenvalue weighted by Gasteiger charge is -2.25. The number of hydrogen-bond acceptors (Lipinski definition) is 3. The van der Waals surface area contributed by atoms with E-state index in [1.54, 1.807) is 11.9 Å². The van der Waals surface area contributed by atoms with Crippen LogP contribution >= 0.6 is 12.4 Å². The lowest BCUT2D eigenvalue weighted by atomic mass is 10.0. The van der Waals surface area contributed by atoms with Crippen LogP contribution in [-0.4, -0.2) is 42.4 Å². The highest BCUT2D eigenvalue weighted by Crippen LogP contribution is 2.16. The van der Waals surface area contributed by atoms with Gasteiger partial charge in [0.2, 0.25) is 11.8 Å². The number of amides is 2. The van der Waals surface area contributed by atoms with Gasteiger partial charge in [-0.15, -0.1) is 12.4 Å². The summed E-state index contributed by atoms with van der Waals surface area (Å²) in [6, 6.07) is 0. The molecule has 0 bridgehead atoms. The van der Waals surface area contributed by atoms with Crippen LogP contribution in [0.15, 0.2) is 0 Å². The van der Waals surface area contributed by atoms with Gasteiger partial charge >= 0.3 is 0 Å². The van der Waals surface area contributed by atoms with Crippen molar-refractivity contribution in [3.05, 3.63) is 0 Å². The van der Waals surface area contributed by atoms with E-state index < -0.39 is 5.54 Å². The Bertz CT molecular complexity index is 281. The van der Waals surface area contributed by atoms with E-state index in [-0.39, 0.29) is 30.1 Å². The summed E-state index contributed by atoms with van der Waals surface area (Å²) in [5.41, 5.74) is 5.11. The molecule has 0 aliphatic carbocycles. The lowest BCUT2D eigenvalue weighted by Crippen LogP contribution is -2.51. The van der Waals surface area contributed by atoms with Crippen molar-refractivity contribution in [2.75, 3.05) is 20.1 Å². The molecule has 2 amide bonds. The number of rotatable bonds is 3. The van der Waals surface area contributed by atoms with Crippen molar-refractivity contribution in [3.8, 4) is 0 Å². The van der Waals surface area contributed by atoms with Crippen LogP contribution < -0.4 is 11.1 Å². The summed E-state index contributed by atoms with van der Waals surface area (Å²) < 4.78 is 0. The molecule has 1 saturated heterocycles. The zero-order chi connectivity index (χ0) is 11.6. The fourth-order valence-electron chi connectivity index (χ4n) is 1.53. The van der Waals surface area contributed by atoms with E-state index in [1.807, 2.05) is 13.8 Å². The van der Waals surface area contributed by atoms with E-state index in [0.29, 0.717) is 19.5 Å². The first kappa shape index (κ1) is 15.2. The average molecular weight is 250 g/mol. The van der Waals surface area contributed by atoms with Gasteiger partial charge in [0.05, 0.1) is 5.92 Å². The predicted molar refractivity (Wildman–Crippen MR) is 64.3 cm³/mol. The Morgan fingerprint density at radius 2 is 2.19 bits per heavy atom. The second-order valence-electron chi connectivity index (χ2n) is 4.75. The predicted octanol–water partition coefficient (Wildman–Crippen LogP) is -0.260. The Hall–Kier alpha value is -0.810. The molecule has 3 N–H and O–H groups in total. The van der Waals surface area contributed by atoms with Gasteiger partial charge in [0.15, 0.2) is 0 Å². The Labute approximate surface area is 102 Å². The molecular formula is C10H20ClN3O2. The van der Waals surface area contributed by atoms with Gasteiger partial charge in [-0.2, -0.15) is 0 Å². The number of nitrogens with one attached hydrogen (secondary N) is 1. The van der Waals surface area contributed by atoms with Crippen LogP contribution in [0.3, 0.4) is 0 Å². The molecule has 0 aromatic carbocycles. The molecule has 0 aromatic heterocycles. The number of carbonyl (C=O) groups excluding carboxylic acids is 2. The van der Waals surface area contributed by atoms with E-state index in [9.17, 15) is 9.59 Å². The van der Waals surface area contributed by atoms with Crippen LogP contribution in [0.25, 0.3) is 0 Å². The van der Waals surface area contributed by atoms with Gasteiger partial charge in [0.25, 0.3) is 0 Å². The Kier molecular flexibility index (Phi) is 5.22. The van der Waals surface area contributed by atoms with Crippen LogP contribution in [0.4, 0.5) is 0 Å². The van der Waals surface area contributed by atoms with E-state index in [1.165, 1.54) is 0 Å². The molecule has 0 saturated carbocycles. The van der Waals surface area contributed by atoms with Crippen LogP contribution in [-0.2, 0) is 9.59 Å². The number of halogens is 1.